The molecule has 0 radical (unpaired) electrons. The highest BCUT2D eigenvalue weighted by Crippen LogP contribution is 2.34. The van der Waals surface area contributed by atoms with E-state index in [9.17, 15) is 14.0 Å². The monoisotopic (exact) mass is 430 g/mol. The molecule has 7 heteroatoms. The summed E-state index contributed by atoms with van der Waals surface area (Å²) >= 11 is 1.69. The van der Waals surface area contributed by atoms with Crippen molar-refractivity contribution in [1.82, 2.24) is 9.80 Å². The van der Waals surface area contributed by atoms with E-state index in [4.69, 9.17) is 4.74 Å². The Morgan fingerprint density at radius 2 is 2.13 bits per heavy atom. The zero-order chi connectivity index (χ0) is 21.1. The average Bonchev–Trinajstić information content (AvgIpc) is 3.43. The number of hydrogen-bond donors (Lipinski definition) is 0. The van der Waals surface area contributed by atoms with Crippen molar-refractivity contribution in [3.8, 4) is 5.75 Å². The van der Waals surface area contributed by atoms with Crippen LogP contribution in [0, 0.1) is 11.7 Å². The first-order valence-electron chi connectivity index (χ1n) is 10.6. The minimum Gasteiger partial charge on any atom is -0.491 e. The largest absolute Gasteiger partial charge is 0.491 e. The lowest BCUT2D eigenvalue weighted by Crippen LogP contribution is -2.48. The van der Waals surface area contributed by atoms with E-state index in [1.165, 1.54) is 17.0 Å². The number of fused-ring (bicyclic) bond motifs is 1. The molecule has 0 unspecified atom stereocenters. The standard InChI is InChI=1S/C23H27FN2O3S/c1-2-22(27)25(13-16-6-7-16)14-23(28)26-10-8-21-19(9-11-30-21)20(26)15-29-18-5-3-4-17(24)12-18/h3-5,9,11-12,16,20H,2,6-8,10,13-15H2,1H3/t20-/m0/s1. The van der Waals surface area contributed by atoms with Crippen LogP contribution in [0.4, 0.5) is 4.39 Å². The smallest absolute Gasteiger partial charge is 0.242 e. The number of amides is 2. The van der Waals surface area contributed by atoms with Crippen LogP contribution in [0.2, 0.25) is 0 Å². The van der Waals surface area contributed by atoms with Gasteiger partial charge in [-0.05, 0) is 54.3 Å². The van der Waals surface area contributed by atoms with Crippen LogP contribution in [0.5, 0.6) is 5.75 Å². The number of carbonyl (C=O) groups excluding carboxylic acids is 2. The molecule has 160 valence electrons. The molecule has 2 aromatic rings. The summed E-state index contributed by atoms with van der Waals surface area (Å²) in [6.45, 7) is 3.46. The van der Waals surface area contributed by atoms with Gasteiger partial charge < -0.3 is 14.5 Å². The van der Waals surface area contributed by atoms with Crippen molar-refractivity contribution in [1.29, 1.82) is 0 Å². The fourth-order valence-corrected chi connectivity index (χ4v) is 4.88. The van der Waals surface area contributed by atoms with Gasteiger partial charge in [-0.3, -0.25) is 9.59 Å². The summed E-state index contributed by atoms with van der Waals surface area (Å²) in [6, 6.07) is 7.84. The van der Waals surface area contributed by atoms with Crippen LogP contribution in [0.15, 0.2) is 35.7 Å². The zero-order valence-corrected chi connectivity index (χ0v) is 18.0. The molecule has 1 fully saturated rings. The lowest BCUT2D eigenvalue weighted by Gasteiger charge is -2.37. The van der Waals surface area contributed by atoms with Crippen molar-refractivity contribution in [3.05, 3.63) is 52.0 Å². The first-order valence-corrected chi connectivity index (χ1v) is 11.4. The Bertz CT molecular complexity index is 911. The molecule has 1 aliphatic heterocycles. The first kappa shape index (κ1) is 20.8. The number of thiophene rings is 1. The Labute approximate surface area is 180 Å². The third-order valence-electron chi connectivity index (χ3n) is 5.78. The number of ether oxygens (including phenoxy) is 1. The highest BCUT2D eigenvalue weighted by Gasteiger charge is 2.34. The molecule has 1 aromatic carbocycles. The molecule has 0 spiro atoms. The van der Waals surface area contributed by atoms with Gasteiger partial charge >= 0.3 is 0 Å². The molecule has 4 rings (SSSR count). The van der Waals surface area contributed by atoms with Gasteiger partial charge in [0, 0.05) is 30.5 Å². The lowest BCUT2D eigenvalue weighted by molar-refractivity contribution is -0.142. The van der Waals surface area contributed by atoms with Crippen LogP contribution in [0.3, 0.4) is 0 Å². The van der Waals surface area contributed by atoms with Gasteiger partial charge in [0.05, 0.1) is 12.6 Å². The Balaban J connectivity index is 1.49. The second-order valence-electron chi connectivity index (χ2n) is 7.99. The topological polar surface area (TPSA) is 49.9 Å². The average molecular weight is 431 g/mol. The fourth-order valence-electron chi connectivity index (χ4n) is 3.95. The Kier molecular flexibility index (Phi) is 6.37. The highest BCUT2D eigenvalue weighted by molar-refractivity contribution is 7.10. The van der Waals surface area contributed by atoms with E-state index in [2.05, 4.69) is 0 Å². The van der Waals surface area contributed by atoms with Crippen molar-refractivity contribution in [3.63, 3.8) is 0 Å². The zero-order valence-electron chi connectivity index (χ0n) is 17.2. The molecule has 0 saturated heterocycles. The van der Waals surface area contributed by atoms with Crippen molar-refractivity contribution >= 4 is 23.2 Å². The minimum atomic E-state index is -0.353. The van der Waals surface area contributed by atoms with Crippen LogP contribution in [0.25, 0.3) is 0 Å². The van der Waals surface area contributed by atoms with Crippen molar-refractivity contribution in [2.24, 2.45) is 5.92 Å². The van der Waals surface area contributed by atoms with Gasteiger partial charge in [-0.15, -0.1) is 11.3 Å². The quantitative estimate of drug-likeness (QED) is 0.635. The van der Waals surface area contributed by atoms with Crippen LogP contribution in [-0.2, 0) is 16.0 Å². The van der Waals surface area contributed by atoms with E-state index < -0.39 is 0 Å². The Morgan fingerprint density at radius 3 is 2.87 bits per heavy atom. The number of halogens is 1. The fraction of sp³-hybridized carbons (Fsp3) is 0.478. The van der Waals surface area contributed by atoms with Gasteiger partial charge in [0.1, 0.15) is 18.2 Å². The van der Waals surface area contributed by atoms with Gasteiger partial charge in [-0.2, -0.15) is 0 Å². The molecule has 2 heterocycles. The summed E-state index contributed by atoms with van der Waals surface area (Å²) in [5.74, 6) is 0.596. The van der Waals surface area contributed by atoms with Gasteiger partial charge in [-0.25, -0.2) is 4.39 Å². The predicted octanol–water partition coefficient (Wildman–Crippen LogP) is 4.04. The SMILES string of the molecule is CCC(=O)N(CC(=O)N1CCc2sccc2[C@@H]1COc1cccc(F)c1)CC1CC1. The summed E-state index contributed by atoms with van der Waals surface area (Å²) in [5.41, 5.74) is 1.09. The van der Waals surface area contributed by atoms with Crippen LogP contribution in [0.1, 0.15) is 42.7 Å². The minimum absolute atomic E-state index is 0.0241. The first-order chi connectivity index (χ1) is 14.5. The van der Waals surface area contributed by atoms with Crippen LogP contribution >= 0.6 is 11.3 Å². The molecule has 2 amide bonds. The third-order valence-corrected chi connectivity index (χ3v) is 6.77. The molecule has 0 bridgehead atoms. The molecule has 1 atom stereocenters. The molecule has 5 nitrogen and oxygen atoms in total. The number of hydrogen-bond acceptors (Lipinski definition) is 4. The summed E-state index contributed by atoms with van der Waals surface area (Å²) in [5, 5.41) is 2.04. The van der Waals surface area contributed by atoms with Gasteiger partial charge in [0.2, 0.25) is 11.8 Å². The van der Waals surface area contributed by atoms with Crippen LogP contribution < -0.4 is 4.74 Å². The van der Waals surface area contributed by atoms with E-state index >= 15 is 0 Å². The van der Waals surface area contributed by atoms with Crippen molar-refractivity contribution in [2.75, 3.05) is 26.2 Å². The number of nitrogens with zero attached hydrogens (tertiary/aromatic N) is 2. The molecular formula is C23H27FN2O3S. The van der Waals surface area contributed by atoms with E-state index in [1.54, 1.807) is 28.4 Å². The molecule has 0 N–H and O–H groups in total. The summed E-state index contributed by atoms with van der Waals surface area (Å²) in [7, 11) is 0. The second kappa shape index (κ2) is 9.16. The maximum Gasteiger partial charge on any atom is 0.242 e. The van der Waals surface area contributed by atoms with E-state index in [0.29, 0.717) is 31.2 Å². The molecule has 2 aliphatic rings. The molecular weight excluding hydrogens is 403 g/mol. The Hall–Kier alpha value is -2.41. The van der Waals surface area contributed by atoms with Crippen molar-refractivity contribution in [2.45, 2.75) is 38.6 Å². The molecule has 1 saturated carbocycles. The number of rotatable bonds is 8. The van der Waals surface area contributed by atoms with Gasteiger partial charge in [-0.1, -0.05) is 13.0 Å². The lowest BCUT2D eigenvalue weighted by atomic mass is 10.0. The van der Waals surface area contributed by atoms with E-state index in [-0.39, 0.29) is 36.8 Å². The number of carbonyl (C=O) groups is 2. The van der Waals surface area contributed by atoms with E-state index in [0.717, 1.165) is 24.8 Å². The molecule has 30 heavy (non-hydrogen) atoms. The second-order valence-corrected chi connectivity index (χ2v) is 8.99. The van der Waals surface area contributed by atoms with Crippen LogP contribution in [-0.4, -0.2) is 47.9 Å². The number of benzene rings is 1. The van der Waals surface area contributed by atoms with Crippen molar-refractivity contribution < 1.29 is 18.7 Å². The Morgan fingerprint density at radius 1 is 1.30 bits per heavy atom. The highest BCUT2D eigenvalue weighted by atomic mass is 32.1. The summed E-state index contributed by atoms with van der Waals surface area (Å²) in [4.78, 5) is 30.4. The van der Waals surface area contributed by atoms with Gasteiger partial charge in [0.15, 0.2) is 0 Å². The van der Waals surface area contributed by atoms with Gasteiger partial charge in [0.25, 0.3) is 0 Å². The van der Waals surface area contributed by atoms with E-state index in [1.807, 2.05) is 23.3 Å². The molecule has 1 aliphatic carbocycles. The normalized spacial score (nSPS) is 18.1. The molecule has 1 aromatic heterocycles. The maximum atomic E-state index is 13.5. The maximum absolute atomic E-state index is 13.5. The third kappa shape index (κ3) is 4.83. The summed E-state index contributed by atoms with van der Waals surface area (Å²) in [6.07, 6.45) is 3.47. The predicted molar refractivity (Wildman–Crippen MR) is 114 cm³/mol. The summed E-state index contributed by atoms with van der Waals surface area (Å²) < 4.78 is 19.4.